The Balaban J connectivity index is 1.23. The molecule has 1 saturated heterocycles. The van der Waals surface area contributed by atoms with E-state index in [1.165, 1.54) is 18.3 Å². The van der Waals surface area contributed by atoms with Crippen molar-refractivity contribution in [1.82, 2.24) is 25.0 Å². The first-order valence-corrected chi connectivity index (χ1v) is 12.5. The molecule has 200 valence electrons. The van der Waals surface area contributed by atoms with Crippen LogP contribution in [0.5, 0.6) is 5.75 Å². The lowest BCUT2D eigenvalue weighted by Gasteiger charge is -2.44. The number of carbonyl (C=O) groups excluding carboxylic acids is 1. The van der Waals surface area contributed by atoms with Crippen LogP contribution in [0.1, 0.15) is 36.9 Å². The van der Waals surface area contributed by atoms with E-state index in [1.807, 2.05) is 10.7 Å². The number of nitrogens with two attached hydrogens (primary N) is 1. The second kappa shape index (κ2) is 9.19. The summed E-state index contributed by atoms with van der Waals surface area (Å²) in [5, 5.41) is 7.75. The fourth-order valence-corrected chi connectivity index (χ4v) is 5.69. The van der Waals surface area contributed by atoms with Crippen molar-refractivity contribution in [3.63, 3.8) is 0 Å². The zero-order valence-electron chi connectivity index (χ0n) is 20.5. The summed E-state index contributed by atoms with van der Waals surface area (Å²) < 4.78 is 52.7. The molecule has 1 aliphatic carbocycles. The molecule has 9 nitrogen and oxygen atoms in total. The average molecular weight is 529 g/mol. The Hall–Kier alpha value is -3.80. The zero-order chi connectivity index (χ0) is 26.5. The number of anilines is 1. The second-order valence-electron chi connectivity index (χ2n) is 9.98. The van der Waals surface area contributed by atoms with Gasteiger partial charge in [-0.05, 0) is 37.5 Å². The Morgan fingerprint density at radius 2 is 2.00 bits per heavy atom. The van der Waals surface area contributed by atoms with Gasteiger partial charge >= 0.3 is 12.6 Å². The summed E-state index contributed by atoms with van der Waals surface area (Å²) in [5.74, 6) is -0.690. The number of alkyl halides is 2. The van der Waals surface area contributed by atoms with Gasteiger partial charge in [-0.1, -0.05) is 18.2 Å². The van der Waals surface area contributed by atoms with Crippen LogP contribution in [0, 0.1) is 5.82 Å². The van der Waals surface area contributed by atoms with Gasteiger partial charge in [0.15, 0.2) is 11.6 Å². The molecule has 0 unspecified atom stereocenters. The third kappa shape index (κ3) is 4.12. The third-order valence-corrected chi connectivity index (χ3v) is 7.78. The number of nitrogens with one attached hydrogen (secondary N) is 1. The lowest BCUT2D eigenvalue weighted by molar-refractivity contribution is -0.0703. The van der Waals surface area contributed by atoms with Crippen LogP contribution in [0.3, 0.4) is 0 Å². The predicted molar refractivity (Wildman–Crippen MR) is 131 cm³/mol. The van der Waals surface area contributed by atoms with Crippen LogP contribution < -0.4 is 15.8 Å². The van der Waals surface area contributed by atoms with Gasteiger partial charge in [-0.15, -0.1) is 0 Å². The van der Waals surface area contributed by atoms with Crippen molar-refractivity contribution in [2.24, 2.45) is 0 Å². The van der Waals surface area contributed by atoms with Crippen LogP contribution >= 0.6 is 0 Å². The second-order valence-corrected chi connectivity index (χ2v) is 9.98. The minimum atomic E-state index is -3.03. The highest BCUT2D eigenvalue weighted by atomic mass is 19.3. The fourth-order valence-electron chi connectivity index (χ4n) is 5.69. The lowest BCUT2D eigenvalue weighted by Crippen LogP contribution is -2.55. The number of urea groups is 1. The van der Waals surface area contributed by atoms with E-state index >= 15 is 0 Å². The summed E-state index contributed by atoms with van der Waals surface area (Å²) in [4.78, 5) is 19.0. The van der Waals surface area contributed by atoms with Crippen molar-refractivity contribution in [2.75, 3.05) is 25.4 Å². The Morgan fingerprint density at radius 3 is 2.74 bits per heavy atom. The largest absolute Gasteiger partial charge is 0.431 e. The molecule has 2 amide bonds. The molecule has 1 atom stereocenters. The van der Waals surface area contributed by atoms with Crippen molar-refractivity contribution in [3.05, 3.63) is 59.7 Å². The molecule has 0 radical (unpaired) electrons. The monoisotopic (exact) mass is 528 g/mol. The molecular weight excluding hydrogens is 501 g/mol. The summed E-state index contributed by atoms with van der Waals surface area (Å²) in [5.41, 5.74) is 6.47. The van der Waals surface area contributed by atoms with Gasteiger partial charge in [0.1, 0.15) is 11.4 Å². The van der Waals surface area contributed by atoms with E-state index in [0.717, 1.165) is 12.1 Å². The molecule has 1 saturated carbocycles. The van der Waals surface area contributed by atoms with E-state index in [2.05, 4.69) is 20.1 Å². The molecule has 2 aliphatic heterocycles. The minimum Gasteiger partial charge on any atom is -0.431 e. The highest BCUT2D eigenvalue weighted by molar-refractivity contribution is 5.76. The molecule has 3 N–H and O–H groups in total. The normalized spacial score (nSPS) is 21.8. The summed E-state index contributed by atoms with van der Waals surface area (Å²) in [6, 6.07) is 9.51. The van der Waals surface area contributed by atoms with E-state index < -0.39 is 17.8 Å². The van der Waals surface area contributed by atoms with Crippen molar-refractivity contribution < 1.29 is 27.4 Å². The third-order valence-electron chi connectivity index (χ3n) is 7.78. The fraction of sp³-hybridized carbons (Fsp3) is 0.423. The first-order chi connectivity index (χ1) is 18.3. The highest BCUT2D eigenvalue weighted by Crippen LogP contribution is 2.44. The van der Waals surface area contributed by atoms with Gasteiger partial charge in [0.2, 0.25) is 0 Å². The summed E-state index contributed by atoms with van der Waals surface area (Å²) in [6.45, 7) is -1.37. The van der Waals surface area contributed by atoms with Crippen molar-refractivity contribution in [1.29, 1.82) is 0 Å². The topological polar surface area (TPSA) is 108 Å². The number of carbonyl (C=O) groups is 1. The molecule has 4 heterocycles. The highest BCUT2D eigenvalue weighted by Gasteiger charge is 2.49. The van der Waals surface area contributed by atoms with Gasteiger partial charge < -0.3 is 25.4 Å². The van der Waals surface area contributed by atoms with E-state index in [-0.39, 0.29) is 23.4 Å². The van der Waals surface area contributed by atoms with Gasteiger partial charge in [0.05, 0.1) is 36.6 Å². The molecule has 38 heavy (non-hydrogen) atoms. The van der Waals surface area contributed by atoms with Crippen molar-refractivity contribution in [3.8, 4) is 17.0 Å². The van der Waals surface area contributed by atoms with Crippen LogP contribution in [0.15, 0.2) is 42.6 Å². The number of pyridine rings is 1. The number of amides is 2. The maximum atomic E-state index is 14.6. The van der Waals surface area contributed by atoms with Gasteiger partial charge in [-0.3, -0.25) is 4.68 Å². The van der Waals surface area contributed by atoms with E-state index in [4.69, 9.17) is 10.5 Å². The molecule has 12 heteroatoms. The average Bonchev–Trinajstić information content (AvgIpc) is 3.49. The SMILES string of the molecule is Nc1ncc(-c2cc3n(n2)CCO[C@@]32CCN(C(=O)NC3(c4ccccc4F)CCC3)C2)cc1OC(F)F. The molecule has 2 aromatic heterocycles. The number of rotatable bonds is 5. The van der Waals surface area contributed by atoms with Gasteiger partial charge in [-0.25, -0.2) is 14.2 Å². The summed E-state index contributed by atoms with van der Waals surface area (Å²) in [7, 11) is 0. The Bertz CT molecular complexity index is 1380. The molecule has 3 aliphatic rings. The van der Waals surface area contributed by atoms with Crippen LogP contribution in [0.4, 0.5) is 23.8 Å². The molecule has 2 fully saturated rings. The zero-order valence-corrected chi connectivity index (χ0v) is 20.5. The number of nitrogens with zero attached hydrogens (tertiary/aromatic N) is 4. The standard InChI is InChI=1S/C26H27F3N6O3/c27-18-5-2-1-4-17(18)25(6-3-7-25)32-24(36)34-9-8-26(15-34)21-13-19(33-35(21)10-11-37-26)16-12-20(38-23(28)29)22(30)31-14-16/h1-2,4-5,12-14,23H,3,6-11,15H2,(H2,30,31)(H,32,36)/t26-/m1/s1. The van der Waals surface area contributed by atoms with E-state index in [1.54, 1.807) is 23.1 Å². The molecule has 3 aromatic rings. The number of aromatic nitrogens is 3. The van der Waals surface area contributed by atoms with Crippen LogP contribution in [0.25, 0.3) is 11.3 Å². The summed E-state index contributed by atoms with van der Waals surface area (Å²) in [6.07, 6.45) is 4.27. The van der Waals surface area contributed by atoms with Crippen LogP contribution in [0.2, 0.25) is 0 Å². The number of halogens is 3. The molecule has 1 spiro atoms. The number of fused-ring (bicyclic) bond motifs is 2. The van der Waals surface area contributed by atoms with Gasteiger partial charge in [0.25, 0.3) is 0 Å². The Labute approximate surface area is 216 Å². The predicted octanol–water partition coefficient (Wildman–Crippen LogP) is 3.99. The van der Waals surface area contributed by atoms with Crippen molar-refractivity contribution in [2.45, 2.75) is 50.0 Å². The number of hydrogen-bond donors (Lipinski definition) is 2. The van der Waals surface area contributed by atoms with Crippen LogP contribution in [-0.4, -0.2) is 52.0 Å². The molecule has 1 aromatic carbocycles. The summed E-state index contributed by atoms with van der Waals surface area (Å²) >= 11 is 0. The Kier molecular flexibility index (Phi) is 5.93. The lowest BCUT2D eigenvalue weighted by atomic mass is 9.71. The van der Waals surface area contributed by atoms with E-state index in [9.17, 15) is 18.0 Å². The smallest absolute Gasteiger partial charge is 0.387 e. The number of benzene rings is 1. The number of likely N-dealkylation sites (tertiary alicyclic amines) is 1. The van der Waals surface area contributed by atoms with Gasteiger partial charge in [-0.2, -0.15) is 13.9 Å². The molecule has 6 rings (SSSR count). The first kappa shape index (κ1) is 24.5. The maximum Gasteiger partial charge on any atom is 0.387 e. The molecular formula is C26H27F3N6O3. The number of nitrogen functional groups attached to an aromatic ring is 1. The quantitative estimate of drug-likeness (QED) is 0.519. The maximum absolute atomic E-state index is 14.6. The first-order valence-electron chi connectivity index (χ1n) is 12.5. The van der Waals surface area contributed by atoms with Gasteiger partial charge in [0, 0.05) is 30.3 Å². The van der Waals surface area contributed by atoms with Crippen LogP contribution in [-0.2, 0) is 22.4 Å². The number of ether oxygens (including phenoxy) is 2. The minimum absolute atomic E-state index is 0.144. The Morgan fingerprint density at radius 1 is 1.18 bits per heavy atom. The molecule has 0 bridgehead atoms. The number of hydrogen-bond acceptors (Lipinski definition) is 6. The van der Waals surface area contributed by atoms with Crippen molar-refractivity contribution >= 4 is 11.8 Å². The van der Waals surface area contributed by atoms with E-state index in [0.29, 0.717) is 62.3 Å².